The molecule has 0 spiro atoms. The molecule has 0 radical (unpaired) electrons. The van der Waals surface area contributed by atoms with Crippen LogP contribution in [0, 0.1) is 5.41 Å². The van der Waals surface area contributed by atoms with Gasteiger partial charge >= 0.3 is 0 Å². The van der Waals surface area contributed by atoms with Crippen LogP contribution in [-0.4, -0.2) is 38.2 Å². The lowest BCUT2D eigenvalue weighted by atomic mass is 9.92. The minimum absolute atomic E-state index is 0.262. The van der Waals surface area contributed by atoms with Gasteiger partial charge in [0, 0.05) is 25.7 Å². The third-order valence-electron chi connectivity index (χ3n) is 3.27. The number of nitrogens with one attached hydrogen (secondary N) is 1. The van der Waals surface area contributed by atoms with Crippen LogP contribution in [0.15, 0.2) is 24.3 Å². The molecule has 1 rings (SSSR count). The smallest absolute Gasteiger partial charge is 0.119 e. The molecule has 0 bridgehead atoms. The SMILES string of the molecule is COc1cccc(CN(C)CC(C)(C)CNC(C)C)c1. The van der Waals surface area contributed by atoms with Crippen molar-refractivity contribution in [3.63, 3.8) is 0 Å². The van der Waals surface area contributed by atoms with E-state index >= 15 is 0 Å². The average Bonchev–Trinajstić information content (AvgIpc) is 2.36. The Balaban J connectivity index is 2.51. The zero-order valence-electron chi connectivity index (χ0n) is 13.9. The van der Waals surface area contributed by atoms with Crippen LogP contribution < -0.4 is 10.1 Å². The maximum Gasteiger partial charge on any atom is 0.119 e. The summed E-state index contributed by atoms with van der Waals surface area (Å²) in [6, 6.07) is 8.83. The number of methoxy groups -OCH3 is 1. The fourth-order valence-corrected chi connectivity index (χ4v) is 2.41. The second kappa shape index (κ2) is 7.65. The first-order chi connectivity index (χ1) is 9.32. The molecule has 0 heterocycles. The maximum absolute atomic E-state index is 5.27. The zero-order valence-corrected chi connectivity index (χ0v) is 13.9. The van der Waals surface area contributed by atoms with Crippen molar-refractivity contribution >= 4 is 0 Å². The number of hydrogen-bond donors (Lipinski definition) is 1. The molecule has 0 fully saturated rings. The second-order valence-electron chi connectivity index (χ2n) is 6.72. The summed E-state index contributed by atoms with van der Waals surface area (Å²) in [7, 11) is 3.89. The van der Waals surface area contributed by atoms with Gasteiger partial charge in [0.05, 0.1) is 7.11 Å². The topological polar surface area (TPSA) is 24.5 Å². The molecule has 0 unspecified atom stereocenters. The number of ether oxygens (including phenoxy) is 1. The van der Waals surface area contributed by atoms with Crippen molar-refractivity contribution in [3.8, 4) is 5.75 Å². The van der Waals surface area contributed by atoms with E-state index in [9.17, 15) is 0 Å². The van der Waals surface area contributed by atoms with Crippen molar-refractivity contribution in [2.24, 2.45) is 5.41 Å². The van der Waals surface area contributed by atoms with Crippen LogP contribution >= 0.6 is 0 Å². The maximum atomic E-state index is 5.27. The molecule has 0 saturated carbocycles. The van der Waals surface area contributed by atoms with Gasteiger partial charge < -0.3 is 15.0 Å². The number of benzene rings is 1. The van der Waals surface area contributed by atoms with E-state index in [1.807, 2.05) is 12.1 Å². The first-order valence-corrected chi connectivity index (χ1v) is 7.37. The van der Waals surface area contributed by atoms with Crippen LogP contribution in [0.5, 0.6) is 5.75 Å². The summed E-state index contributed by atoms with van der Waals surface area (Å²) < 4.78 is 5.27. The molecule has 3 heteroatoms. The van der Waals surface area contributed by atoms with Gasteiger partial charge in [0.25, 0.3) is 0 Å². The monoisotopic (exact) mass is 278 g/mol. The third kappa shape index (κ3) is 6.40. The average molecular weight is 278 g/mol. The number of hydrogen-bond acceptors (Lipinski definition) is 3. The van der Waals surface area contributed by atoms with Crippen LogP contribution in [0.4, 0.5) is 0 Å². The highest BCUT2D eigenvalue weighted by molar-refractivity contribution is 5.28. The molecule has 0 aliphatic heterocycles. The van der Waals surface area contributed by atoms with Crippen LogP contribution in [0.1, 0.15) is 33.3 Å². The largest absolute Gasteiger partial charge is 0.497 e. The normalized spacial score (nSPS) is 12.2. The zero-order chi connectivity index (χ0) is 15.2. The summed E-state index contributed by atoms with van der Waals surface area (Å²) in [5.41, 5.74) is 1.55. The molecular weight excluding hydrogens is 248 g/mol. The van der Waals surface area contributed by atoms with E-state index in [0.717, 1.165) is 25.4 Å². The number of rotatable bonds is 8. The van der Waals surface area contributed by atoms with E-state index in [2.05, 4.69) is 57.1 Å². The van der Waals surface area contributed by atoms with Crippen molar-refractivity contribution in [1.29, 1.82) is 0 Å². The van der Waals surface area contributed by atoms with Crippen LogP contribution in [0.25, 0.3) is 0 Å². The fourth-order valence-electron chi connectivity index (χ4n) is 2.41. The lowest BCUT2D eigenvalue weighted by Crippen LogP contribution is -2.40. The highest BCUT2D eigenvalue weighted by Gasteiger charge is 2.20. The molecule has 0 saturated heterocycles. The molecule has 1 aromatic carbocycles. The summed E-state index contributed by atoms with van der Waals surface area (Å²) >= 11 is 0. The predicted octanol–water partition coefficient (Wildman–Crippen LogP) is 3.15. The van der Waals surface area contributed by atoms with E-state index in [0.29, 0.717) is 6.04 Å². The molecule has 0 amide bonds. The van der Waals surface area contributed by atoms with E-state index in [1.165, 1.54) is 5.56 Å². The Morgan fingerprint density at radius 1 is 1.30 bits per heavy atom. The summed E-state index contributed by atoms with van der Waals surface area (Å²) in [5, 5.41) is 3.53. The summed E-state index contributed by atoms with van der Waals surface area (Å²) in [4.78, 5) is 2.37. The number of nitrogens with zero attached hydrogens (tertiary/aromatic N) is 1. The van der Waals surface area contributed by atoms with Gasteiger partial charge in [0.15, 0.2) is 0 Å². The Kier molecular flexibility index (Phi) is 6.50. The lowest BCUT2D eigenvalue weighted by Gasteiger charge is -2.31. The Hall–Kier alpha value is -1.06. The van der Waals surface area contributed by atoms with Gasteiger partial charge in [-0.3, -0.25) is 0 Å². The van der Waals surface area contributed by atoms with E-state index in [4.69, 9.17) is 4.74 Å². The molecule has 0 atom stereocenters. The first-order valence-electron chi connectivity index (χ1n) is 7.37. The Morgan fingerprint density at radius 2 is 2.00 bits per heavy atom. The van der Waals surface area contributed by atoms with Crippen molar-refractivity contribution in [2.45, 2.75) is 40.3 Å². The quantitative estimate of drug-likeness (QED) is 0.790. The molecule has 114 valence electrons. The van der Waals surface area contributed by atoms with Crippen molar-refractivity contribution in [2.75, 3.05) is 27.2 Å². The Bertz CT molecular complexity index is 402. The van der Waals surface area contributed by atoms with Crippen LogP contribution in [-0.2, 0) is 6.54 Å². The summed E-state index contributed by atoms with van der Waals surface area (Å²) in [6.07, 6.45) is 0. The molecule has 0 aliphatic rings. The van der Waals surface area contributed by atoms with Gasteiger partial charge in [0.2, 0.25) is 0 Å². The summed E-state index contributed by atoms with van der Waals surface area (Å²) in [6.45, 7) is 12.0. The van der Waals surface area contributed by atoms with Crippen molar-refractivity contribution in [3.05, 3.63) is 29.8 Å². The Morgan fingerprint density at radius 3 is 2.60 bits per heavy atom. The molecule has 0 aliphatic carbocycles. The van der Waals surface area contributed by atoms with Gasteiger partial charge in [0.1, 0.15) is 5.75 Å². The van der Waals surface area contributed by atoms with Gasteiger partial charge in [-0.25, -0.2) is 0 Å². The second-order valence-corrected chi connectivity index (χ2v) is 6.72. The van der Waals surface area contributed by atoms with Crippen LogP contribution in [0.3, 0.4) is 0 Å². The van der Waals surface area contributed by atoms with Gasteiger partial charge in [-0.2, -0.15) is 0 Å². The van der Waals surface area contributed by atoms with Gasteiger partial charge in [-0.05, 0) is 30.2 Å². The fraction of sp³-hybridized carbons (Fsp3) is 0.647. The highest BCUT2D eigenvalue weighted by Crippen LogP contribution is 2.18. The minimum Gasteiger partial charge on any atom is -0.497 e. The van der Waals surface area contributed by atoms with Crippen molar-refractivity contribution in [1.82, 2.24) is 10.2 Å². The lowest BCUT2D eigenvalue weighted by molar-refractivity contribution is 0.195. The highest BCUT2D eigenvalue weighted by atomic mass is 16.5. The molecular formula is C17H30N2O. The Labute approximate surface area is 124 Å². The minimum atomic E-state index is 0.262. The molecule has 1 aromatic rings. The molecule has 1 N–H and O–H groups in total. The van der Waals surface area contributed by atoms with Gasteiger partial charge in [-0.1, -0.05) is 39.8 Å². The predicted molar refractivity (Wildman–Crippen MR) is 86.2 cm³/mol. The van der Waals surface area contributed by atoms with E-state index in [1.54, 1.807) is 7.11 Å². The first kappa shape index (κ1) is 17.0. The molecule has 3 nitrogen and oxygen atoms in total. The van der Waals surface area contributed by atoms with Gasteiger partial charge in [-0.15, -0.1) is 0 Å². The third-order valence-corrected chi connectivity index (χ3v) is 3.27. The van der Waals surface area contributed by atoms with E-state index < -0.39 is 0 Å². The molecule has 0 aromatic heterocycles. The summed E-state index contributed by atoms with van der Waals surface area (Å²) in [5.74, 6) is 0.927. The van der Waals surface area contributed by atoms with E-state index in [-0.39, 0.29) is 5.41 Å². The molecule has 20 heavy (non-hydrogen) atoms. The van der Waals surface area contributed by atoms with Crippen LogP contribution in [0.2, 0.25) is 0 Å². The van der Waals surface area contributed by atoms with Crippen molar-refractivity contribution < 1.29 is 4.74 Å². The standard InChI is InChI=1S/C17H30N2O/c1-14(2)18-12-17(3,4)13-19(5)11-15-8-7-9-16(10-15)20-6/h7-10,14,18H,11-13H2,1-6H3.